The summed E-state index contributed by atoms with van der Waals surface area (Å²) in [4.78, 5) is 0. The lowest BCUT2D eigenvalue weighted by molar-refractivity contribution is 0.0633. The molecule has 0 radical (unpaired) electrons. The number of aliphatic hydroxyl groups is 1. The first-order chi connectivity index (χ1) is 9.95. The average Bonchev–Trinajstić information content (AvgIpc) is 2.43. The summed E-state index contributed by atoms with van der Waals surface area (Å²) in [5.41, 5.74) is 0.0529. The Morgan fingerprint density at radius 3 is 2.38 bits per heavy atom. The Morgan fingerprint density at radius 2 is 1.62 bits per heavy atom. The summed E-state index contributed by atoms with van der Waals surface area (Å²) >= 11 is 0. The van der Waals surface area contributed by atoms with Gasteiger partial charge in [0.1, 0.15) is 23.5 Å². The lowest BCUT2D eigenvalue weighted by atomic mass is 9.94. The molecule has 6 heteroatoms. The van der Waals surface area contributed by atoms with Gasteiger partial charge < -0.3 is 9.84 Å². The van der Waals surface area contributed by atoms with Crippen molar-refractivity contribution in [2.45, 2.75) is 18.6 Å². The fourth-order valence-corrected chi connectivity index (χ4v) is 2.39. The molecule has 3 rings (SSSR count). The van der Waals surface area contributed by atoms with Crippen LogP contribution in [0.1, 0.15) is 29.8 Å². The molecular weight excluding hydrogens is 288 g/mol. The van der Waals surface area contributed by atoms with E-state index in [1.54, 1.807) is 0 Å². The molecule has 0 aliphatic carbocycles. The molecule has 0 fully saturated rings. The molecule has 1 aliphatic rings. The van der Waals surface area contributed by atoms with E-state index in [4.69, 9.17) is 4.74 Å². The van der Waals surface area contributed by atoms with Crippen molar-refractivity contribution in [3.63, 3.8) is 0 Å². The average molecular weight is 298 g/mol. The minimum atomic E-state index is -1.30. The second-order valence-corrected chi connectivity index (χ2v) is 4.83. The number of aliphatic hydroxyl groups excluding tert-OH is 1. The number of hydrogen-bond donors (Lipinski definition) is 1. The zero-order valence-electron chi connectivity index (χ0n) is 10.6. The standard InChI is InChI=1S/C15H10F4O2/c16-7-1-2-14-9(3-7)13(20)6-15(21-14)8-4-11(18)12(19)5-10(8)17/h1-5,13,15,20H,6H2/t13-,15?/m0/s1. The van der Waals surface area contributed by atoms with Crippen LogP contribution in [0, 0.1) is 23.3 Å². The van der Waals surface area contributed by atoms with Crippen LogP contribution in [0.25, 0.3) is 0 Å². The third-order valence-electron chi connectivity index (χ3n) is 3.42. The minimum absolute atomic E-state index is 0.0849. The second kappa shape index (κ2) is 5.04. The van der Waals surface area contributed by atoms with Crippen LogP contribution in [0.5, 0.6) is 5.75 Å². The monoisotopic (exact) mass is 298 g/mol. The van der Waals surface area contributed by atoms with Gasteiger partial charge >= 0.3 is 0 Å². The molecule has 21 heavy (non-hydrogen) atoms. The molecule has 2 nitrogen and oxygen atoms in total. The number of halogens is 4. The first-order valence-electron chi connectivity index (χ1n) is 6.24. The summed E-state index contributed by atoms with van der Waals surface area (Å²) < 4.78 is 58.5. The number of hydrogen-bond acceptors (Lipinski definition) is 2. The van der Waals surface area contributed by atoms with Crippen molar-refractivity contribution in [1.29, 1.82) is 0 Å². The van der Waals surface area contributed by atoms with Crippen LogP contribution in [-0.4, -0.2) is 5.11 Å². The van der Waals surface area contributed by atoms with Gasteiger partial charge in [-0.2, -0.15) is 0 Å². The van der Waals surface area contributed by atoms with Gasteiger partial charge in [0.05, 0.1) is 6.10 Å². The second-order valence-electron chi connectivity index (χ2n) is 4.83. The molecule has 0 bridgehead atoms. The maximum atomic E-state index is 13.8. The van der Waals surface area contributed by atoms with Crippen LogP contribution >= 0.6 is 0 Å². The van der Waals surface area contributed by atoms with Crippen molar-refractivity contribution < 1.29 is 27.4 Å². The van der Waals surface area contributed by atoms with Crippen molar-refractivity contribution in [1.82, 2.24) is 0 Å². The molecular formula is C15H10F4O2. The predicted molar refractivity (Wildman–Crippen MR) is 65.7 cm³/mol. The third-order valence-corrected chi connectivity index (χ3v) is 3.42. The number of fused-ring (bicyclic) bond motifs is 1. The number of ether oxygens (including phenoxy) is 1. The summed E-state index contributed by atoms with van der Waals surface area (Å²) in [7, 11) is 0. The lowest BCUT2D eigenvalue weighted by Gasteiger charge is -2.30. The Labute approximate surface area is 117 Å². The van der Waals surface area contributed by atoms with Crippen LogP contribution < -0.4 is 4.74 Å². The van der Waals surface area contributed by atoms with Gasteiger partial charge in [-0.05, 0) is 24.3 Å². The van der Waals surface area contributed by atoms with Gasteiger partial charge in [0, 0.05) is 23.6 Å². The van der Waals surface area contributed by atoms with E-state index in [9.17, 15) is 22.7 Å². The minimum Gasteiger partial charge on any atom is -0.485 e. The molecule has 0 amide bonds. The van der Waals surface area contributed by atoms with Crippen LogP contribution in [0.3, 0.4) is 0 Å². The van der Waals surface area contributed by atoms with Gasteiger partial charge in [-0.25, -0.2) is 17.6 Å². The van der Waals surface area contributed by atoms with Crippen molar-refractivity contribution in [3.8, 4) is 5.75 Å². The van der Waals surface area contributed by atoms with Gasteiger partial charge in [-0.1, -0.05) is 0 Å². The lowest BCUT2D eigenvalue weighted by Crippen LogP contribution is -2.20. The molecule has 0 aromatic heterocycles. The fourth-order valence-electron chi connectivity index (χ4n) is 2.39. The number of rotatable bonds is 1. The Balaban J connectivity index is 1.99. The Hall–Kier alpha value is -2.08. The van der Waals surface area contributed by atoms with Gasteiger partial charge in [-0.3, -0.25) is 0 Å². The zero-order valence-corrected chi connectivity index (χ0v) is 10.6. The molecule has 1 N–H and O–H groups in total. The summed E-state index contributed by atoms with van der Waals surface area (Å²) in [6.45, 7) is 0. The van der Waals surface area contributed by atoms with Crippen LogP contribution in [0.2, 0.25) is 0 Å². The Bertz CT molecular complexity index is 702. The maximum Gasteiger partial charge on any atom is 0.161 e. The predicted octanol–water partition coefficient (Wildman–Crippen LogP) is 3.80. The van der Waals surface area contributed by atoms with Crippen molar-refractivity contribution in [2.75, 3.05) is 0 Å². The smallest absolute Gasteiger partial charge is 0.161 e. The highest BCUT2D eigenvalue weighted by atomic mass is 19.2. The van der Waals surface area contributed by atoms with E-state index in [1.807, 2.05) is 0 Å². The van der Waals surface area contributed by atoms with E-state index in [2.05, 4.69) is 0 Å². The van der Waals surface area contributed by atoms with Crippen molar-refractivity contribution >= 4 is 0 Å². The van der Waals surface area contributed by atoms with Crippen LogP contribution in [0.4, 0.5) is 17.6 Å². The van der Waals surface area contributed by atoms with Gasteiger partial charge in [-0.15, -0.1) is 0 Å². The molecule has 0 saturated heterocycles. The fraction of sp³-hybridized carbons (Fsp3) is 0.200. The van der Waals surface area contributed by atoms with E-state index < -0.39 is 35.5 Å². The Kier molecular flexibility index (Phi) is 3.33. The summed E-state index contributed by atoms with van der Waals surface area (Å²) in [6.07, 6.45) is -2.15. The van der Waals surface area contributed by atoms with Gasteiger partial charge in [0.25, 0.3) is 0 Å². The van der Waals surface area contributed by atoms with E-state index in [-0.39, 0.29) is 23.3 Å². The molecule has 1 heterocycles. The summed E-state index contributed by atoms with van der Waals surface area (Å²) in [5, 5.41) is 10.00. The third kappa shape index (κ3) is 2.47. The molecule has 110 valence electrons. The molecule has 0 spiro atoms. The summed E-state index contributed by atoms with van der Waals surface area (Å²) in [6, 6.07) is 4.70. The maximum absolute atomic E-state index is 13.8. The molecule has 2 aromatic carbocycles. The normalized spacial score (nSPS) is 20.8. The Morgan fingerprint density at radius 1 is 0.905 bits per heavy atom. The first kappa shape index (κ1) is 13.9. The largest absolute Gasteiger partial charge is 0.485 e. The van der Waals surface area contributed by atoms with E-state index >= 15 is 0 Å². The molecule has 1 aliphatic heterocycles. The highest BCUT2D eigenvalue weighted by molar-refractivity contribution is 5.39. The zero-order chi connectivity index (χ0) is 15.1. The SMILES string of the molecule is O[C@H]1CC(c2cc(F)c(F)cc2F)Oc2ccc(F)cc21. The van der Waals surface area contributed by atoms with E-state index in [0.29, 0.717) is 12.1 Å². The topological polar surface area (TPSA) is 29.5 Å². The molecule has 2 atom stereocenters. The van der Waals surface area contributed by atoms with Crippen LogP contribution in [0.15, 0.2) is 30.3 Å². The highest BCUT2D eigenvalue weighted by Gasteiger charge is 2.30. The van der Waals surface area contributed by atoms with Crippen molar-refractivity contribution in [3.05, 3.63) is 64.7 Å². The molecule has 1 unspecified atom stereocenters. The van der Waals surface area contributed by atoms with Crippen LogP contribution in [-0.2, 0) is 0 Å². The number of benzene rings is 2. The summed E-state index contributed by atoms with van der Waals surface area (Å²) in [5.74, 6) is -3.81. The molecule has 2 aromatic rings. The van der Waals surface area contributed by atoms with Gasteiger partial charge in [0.2, 0.25) is 0 Å². The first-order valence-corrected chi connectivity index (χ1v) is 6.24. The molecule has 0 saturated carbocycles. The highest BCUT2D eigenvalue weighted by Crippen LogP contribution is 2.41. The van der Waals surface area contributed by atoms with Gasteiger partial charge in [0.15, 0.2) is 11.6 Å². The van der Waals surface area contributed by atoms with E-state index in [1.165, 1.54) is 6.07 Å². The van der Waals surface area contributed by atoms with Crippen molar-refractivity contribution in [2.24, 2.45) is 0 Å². The quantitative estimate of drug-likeness (QED) is 0.641. The van der Waals surface area contributed by atoms with E-state index in [0.717, 1.165) is 12.1 Å².